The quantitative estimate of drug-likeness (QED) is 0.0698. The summed E-state index contributed by atoms with van der Waals surface area (Å²) >= 11 is 0. The van der Waals surface area contributed by atoms with Crippen molar-refractivity contribution in [3.63, 3.8) is 0 Å². The molecule has 0 saturated heterocycles. The number of hydrogen-bond acceptors (Lipinski definition) is 12. The SMILES string of the molecule is CCOC(=O)C=Cc1cn(Cc2ccc(OCc3nc(-c4ccco4)oc3C)cc2)nc1OCc1ccc(OCc2nc(-c3ccco3)oc2C)cc1. The molecule has 0 bridgehead atoms. The second-order valence-electron chi connectivity index (χ2n) is 11.8. The van der Waals surface area contributed by atoms with Crippen LogP contribution in [-0.2, 0) is 35.9 Å². The van der Waals surface area contributed by atoms with E-state index in [0.717, 1.165) is 11.1 Å². The Morgan fingerprint density at radius 1 is 0.736 bits per heavy atom. The average molecular weight is 717 g/mol. The highest BCUT2D eigenvalue weighted by molar-refractivity contribution is 5.87. The van der Waals surface area contributed by atoms with E-state index < -0.39 is 5.97 Å². The van der Waals surface area contributed by atoms with Crippen LogP contribution in [0.1, 0.15) is 46.5 Å². The summed E-state index contributed by atoms with van der Waals surface area (Å²) in [7, 11) is 0. The number of furan rings is 2. The first kappa shape index (κ1) is 34.7. The van der Waals surface area contributed by atoms with Crippen LogP contribution in [0.2, 0.25) is 0 Å². The molecule has 5 aromatic heterocycles. The fourth-order valence-electron chi connectivity index (χ4n) is 5.23. The van der Waals surface area contributed by atoms with Crippen LogP contribution in [0.15, 0.2) is 115 Å². The van der Waals surface area contributed by atoms with Gasteiger partial charge >= 0.3 is 5.97 Å². The fraction of sp³-hybridized carbons (Fsp3) is 0.200. The van der Waals surface area contributed by atoms with Crippen molar-refractivity contribution in [1.82, 2.24) is 19.7 Å². The van der Waals surface area contributed by atoms with E-state index >= 15 is 0 Å². The number of aryl methyl sites for hydroxylation is 2. The summed E-state index contributed by atoms with van der Waals surface area (Å²) in [5, 5.41) is 4.67. The molecule has 0 N–H and O–H groups in total. The van der Waals surface area contributed by atoms with Gasteiger partial charge in [-0.05, 0) is 86.5 Å². The Bertz CT molecular complexity index is 2260. The van der Waals surface area contributed by atoms with Gasteiger partial charge in [0.25, 0.3) is 11.8 Å². The van der Waals surface area contributed by atoms with Crippen molar-refractivity contribution in [2.24, 2.45) is 0 Å². The molecule has 0 spiro atoms. The zero-order valence-electron chi connectivity index (χ0n) is 29.3. The lowest BCUT2D eigenvalue weighted by Gasteiger charge is -2.08. The number of benzene rings is 2. The zero-order chi connectivity index (χ0) is 36.6. The third-order valence-electron chi connectivity index (χ3n) is 8.01. The predicted octanol–water partition coefficient (Wildman–Crippen LogP) is 8.36. The second kappa shape index (κ2) is 16.1. The summed E-state index contributed by atoms with van der Waals surface area (Å²) < 4.78 is 47.1. The van der Waals surface area contributed by atoms with Gasteiger partial charge in [0.2, 0.25) is 5.88 Å². The topological polar surface area (TPSA) is 150 Å². The number of rotatable bonds is 16. The highest BCUT2D eigenvalue weighted by atomic mass is 16.5. The number of hydrogen-bond donors (Lipinski definition) is 0. The van der Waals surface area contributed by atoms with Gasteiger partial charge in [-0.3, -0.25) is 4.68 Å². The van der Waals surface area contributed by atoms with E-state index in [1.165, 1.54) is 6.08 Å². The lowest BCUT2D eigenvalue weighted by Crippen LogP contribution is -2.02. The molecule has 13 heteroatoms. The standard InChI is InChI=1S/C40H36N4O9/c1-4-46-37(45)18-13-30-22-44(21-28-9-14-31(15-10-28)49-24-33-26(2)52-39(41-33)35-7-5-19-47-35)43-38(30)51-23-29-11-16-32(17-12-29)50-25-34-27(3)53-40(42-34)36-8-6-20-48-36/h5-20,22H,4,21,23-25H2,1-3H3. The van der Waals surface area contributed by atoms with Gasteiger partial charge in [0, 0.05) is 12.3 Å². The van der Waals surface area contributed by atoms with E-state index in [0.29, 0.717) is 75.7 Å². The molecule has 0 amide bonds. The minimum atomic E-state index is -0.451. The second-order valence-corrected chi connectivity index (χ2v) is 11.8. The van der Waals surface area contributed by atoms with Crippen molar-refractivity contribution < 1.29 is 41.4 Å². The Labute approximate surface area is 304 Å². The molecule has 13 nitrogen and oxygen atoms in total. The number of carbonyl (C=O) groups is 1. The smallest absolute Gasteiger partial charge is 0.330 e. The normalized spacial score (nSPS) is 11.3. The van der Waals surface area contributed by atoms with Crippen LogP contribution in [0.25, 0.3) is 29.4 Å². The minimum absolute atomic E-state index is 0.242. The van der Waals surface area contributed by atoms with Crippen LogP contribution in [0.3, 0.4) is 0 Å². The van der Waals surface area contributed by atoms with Gasteiger partial charge < -0.3 is 36.6 Å². The molecule has 0 radical (unpaired) electrons. The monoisotopic (exact) mass is 716 g/mol. The lowest BCUT2D eigenvalue weighted by atomic mass is 10.2. The molecule has 53 heavy (non-hydrogen) atoms. The van der Waals surface area contributed by atoms with Gasteiger partial charge in [0.15, 0.2) is 11.5 Å². The Hall–Kier alpha value is -6.76. The first-order valence-corrected chi connectivity index (χ1v) is 16.9. The van der Waals surface area contributed by atoms with Gasteiger partial charge in [0.1, 0.15) is 54.2 Å². The van der Waals surface area contributed by atoms with Crippen LogP contribution in [0.5, 0.6) is 17.4 Å². The fourth-order valence-corrected chi connectivity index (χ4v) is 5.23. The Kier molecular flexibility index (Phi) is 10.5. The Morgan fingerprint density at radius 2 is 1.30 bits per heavy atom. The van der Waals surface area contributed by atoms with E-state index in [1.807, 2.05) is 68.6 Å². The zero-order valence-corrected chi connectivity index (χ0v) is 29.3. The maximum absolute atomic E-state index is 12.1. The van der Waals surface area contributed by atoms with Crippen LogP contribution in [0.4, 0.5) is 0 Å². The van der Waals surface area contributed by atoms with Gasteiger partial charge in [-0.25, -0.2) is 14.8 Å². The van der Waals surface area contributed by atoms with Crippen molar-refractivity contribution in [3.05, 3.63) is 137 Å². The maximum Gasteiger partial charge on any atom is 0.330 e. The summed E-state index contributed by atoms with van der Waals surface area (Å²) in [6, 6.07) is 22.4. The highest BCUT2D eigenvalue weighted by Crippen LogP contribution is 2.26. The molecular weight excluding hydrogens is 680 g/mol. The molecule has 0 fully saturated rings. The first-order valence-electron chi connectivity index (χ1n) is 16.9. The van der Waals surface area contributed by atoms with E-state index in [-0.39, 0.29) is 26.4 Å². The van der Waals surface area contributed by atoms with Crippen molar-refractivity contribution in [3.8, 4) is 40.7 Å². The summed E-state index contributed by atoms with van der Waals surface area (Å²) in [6.45, 7) is 6.90. The van der Waals surface area contributed by atoms with Crippen molar-refractivity contribution in [2.45, 2.75) is 47.1 Å². The maximum atomic E-state index is 12.1. The Morgan fingerprint density at radius 3 is 1.83 bits per heavy atom. The Balaban J connectivity index is 0.960. The van der Waals surface area contributed by atoms with Crippen LogP contribution < -0.4 is 14.2 Å². The van der Waals surface area contributed by atoms with E-state index in [1.54, 1.807) is 54.5 Å². The third-order valence-corrected chi connectivity index (χ3v) is 8.01. The van der Waals surface area contributed by atoms with Crippen LogP contribution in [-0.4, -0.2) is 32.3 Å². The molecule has 0 aliphatic carbocycles. The van der Waals surface area contributed by atoms with Crippen LogP contribution in [0, 0.1) is 13.8 Å². The van der Waals surface area contributed by atoms with Crippen LogP contribution >= 0.6 is 0 Å². The molecule has 270 valence electrons. The summed E-state index contributed by atoms with van der Waals surface area (Å²) in [4.78, 5) is 21.1. The molecule has 0 atom stereocenters. The number of esters is 1. The van der Waals surface area contributed by atoms with Gasteiger partial charge in [-0.2, -0.15) is 0 Å². The number of aromatic nitrogens is 4. The molecule has 5 heterocycles. The summed E-state index contributed by atoms with van der Waals surface area (Å²) in [5.41, 5.74) is 3.89. The molecular formula is C40H36N4O9. The molecule has 7 aromatic rings. The lowest BCUT2D eigenvalue weighted by molar-refractivity contribution is -0.137. The molecule has 7 rings (SSSR count). The number of ether oxygens (including phenoxy) is 4. The molecule has 0 saturated carbocycles. The number of nitrogens with zero attached hydrogens (tertiary/aromatic N) is 4. The van der Waals surface area contributed by atoms with E-state index in [2.05, 4.69) is 15.1 Å². The highest BCUT2D eigenvalue weighted by Gasteiger charge is 2.16. The van der Waals surface area contributed by atoms with E-state index in [4.69, 9.17) is 36.6 Å². The summed E-state index contributed by atoms with van der Waals surface area (Å²) in [6.07, 6.45) is 7.96. The number of carbonyl (C=O) groups excluding carboxylic acids is 1. The predicted molar refractivity (Wildman–Crippen MR) is 191 cm³/mol. The van der Waals surface area contributed by atoms with Gasteiger partial charge in [-0.1, -0.05) is 24.3 Å². The largest absolute Gasteiger partial charge is 0.487 e. The third kappa shape index (κ3) is 8.76. The molecule has 0 unspecified atom stereocenters. The average Bonchev–Trinajstić information content (AvgIpc) is 4.02. The minimum Gasteiger partial charge on any atom is -0.487 e. The van der Waals surface area contributed by atoms with Gasteiger partial charge in [-0.15, -0.1) is 5.10 Å². The van der Waals surface area contributed by atoms with Crippen molar-refractivity contribution >= 4 is 12.0 Å². The molecule has 2 aromatic carbocycles. The molecule has 0 aliphatic heterocycles. The van der Waals surface area contributed by atoms with Crippen molar-refractivity contribution in [1.29, 1.82) is 0 Å². The molecule has 0 aliphatic rings. The van der Waals surface area contributed by atoms with Crippen molar-refractivity contribution in [2.75, 3.05) is 6.61 Å². The van der Waals surface area contributed by atoms with Gasteiger partial charge in [0.05, 0.1) is 31.2 Å². The first-order chi connectivity index (χ1) is 25.9. The number of oxazole rings is 2. The van der Waals surface area contributed by atoms with E-state index in [9.17, 15) is 4.79 Å². The summed E-state index contributed by atoms with van der Waals surface area (Å²) in [5.74, 6) is 4.55.